The van der Waals surface area contributed by atoms with E-state index in [1.807, 2.05) is 24.3 Å². The molecule has 0 saturated heterocycles. The molecule has 5 nitrogen and oxygen atoms in total. The number of nitrogens with zero attached hydrogens (tertiary/aromatic N) is 2. The number of carboxylic acid groups (broad SMARTS) is 1. The van der Waals surface area contributed by atoms with Gasteiger partial charge >= 0.3 is 5.97 Å². The molecule has 94 valence electrons. The molecule has 1 aromatic carbocycles. The summed E-state index contributed by atoms with van der Waals surface area (Å²) >= 11 is 3.17. The van der Waals surface area contributed by atoms with Crippen molar-refractivity contribution >= 4 is 21.9 Å². The Morgan fingerprint density at radius 1 is 1.44 bits per heavy atom. The first kappa shape index (κ1) is 12.6. The number of hydrogen-bond donors (Lipinski definition) is 1. The maximum Gasteiger partial charge on any atom is 0.357 e. The fourth-order valence-corrected chi connectivity index (χ4v) is 2.03. The molecule has 0 spiro atoms. The summed E-state index contributed by atoms with van der Waals surface area (Å²) in [5.74, 6) is -0.262. The third-order valence-electron chi connectivity index (χ3n) is 2.42. The average molecular weight is 311 g/mol. The third-order valence-corrected chi connectivity index (χ3v) is 3.00. The smallest absolute Gasteiger partial charge is 0.357 e. The van der Waals surface area contributed by atoms with Gasteiger partial charge in [0, 0.05) is 6.20 Å². The Bertz CT molecular complexity index is 563. The summed E-state index contributed by atoms with van der Waals surface area (Å²) in [7, 11) is 1.61. The quantitative estimate of drug-likeness (QED) is 0.942. The maximum atomic E-state index is 10.8. The molecule has 2 aromatic rings. The van der Waals surface area contributed by atoms with E-state index in [2.05, 4.69) is 21.0 Å². The van der Waals surface area contributed by atoms with E-state index < -0.39 is 5.97 Å². The molecule has 1 heterocycles. The van der Waals surface area contributed by atoms with Crippen LogP contribution < -0.4 is 4.74 Å². The Morgan fingerprint density at radius 3 is 2.61 bits per heavy atom. The Labute approximate surface area is 112 Å². The summed E-state index contributed by atoms with van der Waals surface area (Å²) in [4.78, 5) is 10.8. The zero-order valence-electron chi connectivity index (χ0n) is 9.63. The van der Waals surface area contributed by atoms with Crippen molar-refractivity contribution in [3.05, 3.63) is 46.2 Å². The lowest BCUT2D eigenvalue weighted by Gasteiger charge is -2.03. The number of rotatable bonds is 4. The lowest BCUT2D eigenvalue weighted by Crippen LogP contribution is -2.04. The van der Waals surface area contributed by atoms with E-state index in [0.29, 0.717) is 11.0 Å². The van der Waals surface area contributed by atoms with Crippen LogP contribution in [0.25, 0.3) is 0 Å². The van der Waals surface area contributed by atoms with Gasteiger partial charge in [-0.3, -0.25) is 4.68 Å². The van der Waals surface area contributed by atoms with Gasteiger partial charge in [-0.25, -0.2) is 4.79 Å². The van der Waals surface area contributed by atoms with Crippen LogP contribution in [0.1, 0.15) is 16.1 Å². The molecule has 0 unspecified atom stereocenters. The van der Waals surface area contributed by atoms with E-state index in [1.165, 1.54) is 0 Å². The van der Waals surface area contributed by atoms with Gasteiger partial charge in [0.15, 0.2) is 5.69 Å². The highest BCUT2D eigenvalue weighted by atomic mass is 79.9. The van der Waals surface area contributed by atoms with Gasteiger partial charge in [0.2, 0.25) is 0 Å². The topological polar surface area (TPSA) is 64.3 Å². The molecule has 0 fully saturated rings. The molecule has 0 aliphatic rings. The van der Waals surface area contributed by atoms with Crippen molar-refractivity contribution in [3.63, 3.8) is 0 Å². The number of carbonyl (C=O) groups is 1. The number of aromatic carboxylic acids is 1. The monoisotopic (exact) mass is 310 g/mol. The molecular weight excluding hydrogens is 300 g/mol. The van der Waals surface area contributed by atoms with Crippen LogP contribution in [0.3, 0.4) is 0 Å². The molecule has 1 N–H and O–H groups in total. The van der Waals surface area contributed by atoms with Gasteiger partial charge < -0.3 is 9.84 Å². The van der Waals surface area contributed by atoms with Gasteiger partial charge in [-0.05, 0) is 33.6 Å². The highest BCUT2D eigenvalue weighted by Crippen LogP contribution is 2.17. The standard InChI is InChI=1S/C12H11BrN2O3/c1-18-9-4-2-8(3-5-9)6-15-7-10(13)11(14-15)12(16)17/h2-5,7H,6H2,1H3,(H,16,17). The fraction of sp³-hybridized carbons (Fsp3) is 0.167. The molecule has 0 aliphatic heterocycles. The molecule has 0 atom stereocenters. The lowest BCUT2D eigenvalue weighted by molar-refractivity contribution is 0.0688. The Kier molecular flexibility index (Phi) is 3.66. The van der Waals surface area contributed by atoms with E-state index >= 15 is 0 Å². The van der Waals surface area contributed by atoms with Crippen LogP contribution in [0.5, 0.6) is 5.75 Å². The predicted octanol–water partition coefficient (Wildman–Crippen LogP) is 2.40. The normalized spacial score (nSPS) is 10.3. The molecule has 2 rings (SSSR count). The molecule has 0 amide bonds. The predicted molar refractivity (Wildman–Crippen MR) is 69.0 cm³/mol. The average Bonchev–Trinajstić information content (AvgIpc) is 2.71. The van der Waals surface area contributed by atoms with E-state index in [4.69, 9.17) is 9.84 Å². The second kappa shape index (κ2) is 5.22. The minimum absolute atomic E-state index is 0.0171. The number of carboxylic acids is 1. The highest BCUT2D eigenvalue weighted by molar-refractivity contribution is 9.10. The van der Waals surface area contributed by atoms with Crippen molar-refractivity contribution in [2.75, 3.05) is 7.11 Å². The number of ether oxygens (including phenoxy) is 1. The number of benzene rings is 1. The Balaban J connectivity index is 2.18. The van der Waals surface area contributed by atoms with Crippen LogP contribution in [-0.4, -0.2) is 28.0 Å². The zero-order chi connectivity index (χ0) is 13.1. The largest absolute Gasteiger partial charge is 0.497 e. The summed E-state index contributed by atoms with van der Waals surface area (Å²) in [5, 5.41) is 12.9. The maximum absolute atomic E-state index is 10.8. The van der Waals surface area contributed by atoms with Gasteiger partial charge in [-0.2, -0.15) is 5.10 Å². The lowest BCUT2D eigenvalue weighted by atomic mass is 10.2. The minimum Gasteiger partial charge on any atom is -0.497 e. The molecule has 0 radical (unpaired) electrons. The van der Waals surface area contributed by atoms with Crippen LogP contribution in [0, 0.1) is 0 Å². The van der Waals surface area contributed by atoms with Crippen molar-refractivity contribution < 1.29 is 14.6 Å². The second-order valence-corrected chi connectivity index (χ2v) is 4.53. The van der Waals surface area contributed by atoms with E-state index in [-0.39, 0.29) is 5.69 Å². The molecule has 6 heteroatoms. The minimum atomic E-state index is -1.05. The van der Waals surface area contributed by atoms with Gasteiger partial charge in [-0.15, -0.1) is 0 Å². The SMILES string of the molecule is COc1ccc(Cn2cc(Br)c(C(=O)O)n2)cc1. The van der Waals surface area contributed by atoms with Gasteiger partial charge in [0.25, 0.3) is 0 Å². The molecule has 0 saturated carbocycles. The van der Waals surface area contributed by atoms with Crippen molar-refractivity contribution in [2.24, 2.45) is 0 Å². The fourth-order valence-electron chi connectivity index (χ4n) is 1.54. The molecule has 18 heavy (non-hydrogen) atoms. The van der Waals surface area contributed by atoms with Crippen molar-refractivity contribution in [2.45, 2.75) is 6.54 Å². The van der Waals surface area contributed by atoms with Gasteiger partial charge in [-0.1, -0.05) is 12.1 Å². The van der Waals surface area contributed by atoms with Crippen LogP contribution in [0.2, 0.25) is 0 Å². The van der Waals surface area contributed by atoms with Crippen molar-refractivity contribution in [1.82, 2.24) is 9.78 Å². The van der Waals surface area contributed by atoms with Crippen molar-refractivity contribution in [3.8, 4) is 5.75 Å². The van der Waals surface area contributed by atoms with Crippen LogP contribution >= 0.6 is 15.9 Å². The number of methoxy groups -OCH3 is 1. The first-order chi connectivity index (χ1) is 8.60. The summed E-state index contributed by atoms with van der Waals surface area (Å²) in [6.45, 7) is 0.510. The van der Waals surface area contributed by atoms with E-state index in [0.717, 1.165) is 11.3 Å². The Hall–Kier alpha value is -1.82. The Morgan fingerprint density at radius 2 is 2.11 bits per heavy atom. The molecule has 0 bridgehead atoms. The van der Waals surface area contributed by atoms with Crippen LogP contribution in [0.15, 0.2) is 34.9 Å². The van der Waals surface area contributed by atoms with E-state index in [1.54, 1.807) is 18.0 Å². The van der Waals surface area contributed by atoms with Crippen molar-refractivity contribution in [1.29, 1.82) is 0 Å². The summed E-state index contributed by atoms with van der Waals surface area (Å²) in [5.41, 5.74) is 1.03. The van der Waals surface area contributed by atoms with Gasteiger partial charge in [0.1, 0.15) is 5.75 Å². The summed E-state index contributed by atoms with van der Waals surface area (Å²) in [6.07, 6.45) is 1.65. The molecule has 0 aliphatic carbocycles. The highest BCUT2D eigenvalue weighted by Gasteiger charge is 2.13. The molecule has 1 aromatic heterocycles. The van der Waals surface area contributed by atoms with Gasteiger partial charge in [0.05, 0.1) is 18.1 Å². The van der Waals surface area contributed by atoms with Crippen LogP contribution in [-0.2, 0) is 6.54 Å². The second-order valence-electron chi connectivity index (χ2n) is 3.68. The summed E-state index contributed by atoms with van der Waals surface area (Å²) < 4.78 is 7.12. The van der Waals surface area contributed by atoms with Crippen LogP contribution in [0.4, 0.5) is 0 Å². The number of hydrogen-bond acceptors (Lipinski definition) is 3. The molecular formula is C12H11BrN2O3. The number of aromatic nitrogens is 2. The third kappa shape index (κ3) is 2.70. The first-order valence-corrected chi connectivity index (χ1v) is 5.98. The van der Waals surface area contributed by atoms with E-state index in [9.17, 15) is 4.79 Å². The summed E-state index contributed by atoms with van der Waals surface area (Å²) in [6, 6.07) is 7.53. The first-order valence-electron chi connectivity index (χ1n) is 5.19. The zero-order valence-corrected chi connectivity index (χ0v) is 11.2. The number of halogens is 1.